The summed E-state index contributed by atoms with van der Waals surface area (Å²) >= 11 is 0. The van der Waals surface area contributed by atoms with Crippen LogP contribution < -0.4 is 5.32 Å². The van der Waals surface area contributed by atoms with E-state index in [2.05, 4.69) is 12.2 Å². The van der Waals surface area contributed by atoms with Gasteiger partial charge in [-0.1, -0.05) is 0 Å². The van der Waals surface area contributed by atoms with Crippen molar-refractivity contribution in [3.63, 3.8) is 0 Å². The summed E-state index contributed by atoms with van der Waals surface area (Å²) in [4.78, 5) is 0. The van der Waals surface area contributed by atoms with E-state index in [-0.39, 0.29) is 0 Å². The number of ether oxygens (including phenoxy) is 2. The van der Waals surface area contributed by atoms with Gasteiger partial charge >= 0.3 is 0 Å². The molecule has 2 aliphatic heterocycles. The zero-order valence-corrected chi connectivity index (χ0v) is 9.71. The van der Waals surface area contributed by atoms with E-state index >= 15 is 0 Å². The lowest BCUT2D eigenvalue weighted by Gasteiger charge is -2.33. The lowest BCUT2D eigenvalue weighted by Crippen LogP contribution is -2.46. The maximum atomic E-state index is 5.48. The zero-order valence-electron chi connectivity index (χ0n) is 9.71. The van der Waals surface area contributed by atoms with Crippen LogP contribution in [0.5, 0.6) is 0 Å². The van der Waals surface area contributed by atoms with Gasteiger partial charge in [0.25, 0.3) is 0 Å². The van der Waals surface area contributed by atoms with Crippen molar-refractivity contribution >= 4 is 0 Å². The Balaban J connectivity index is 1.72. The van der Waals surface area contributed by atoms with Crippen LogP contribution in [0.2, 0.25) is 0 Å². The molecule has 0 amide bonds. The fourth-order valence-corrected chi connectivity index (χ4v) is 2.60. The van der Waals surface area contributed by atoms with Crippen LogP contribution in [0.3, 0.4) is 0 Å². The molecule has 2 atom stereocenters. The van der Waals surface area contributed by atoms with Gasteiger partial charge < -0.3 is 14.8 Å². The van der Waals surface area contributed by atoms with Crippen molar-refractivity contribution in [2.24, 2.45) is 5.92 Å². The van der Waals surface area contributed by atoms with Crippen molar-refractivity contribution < 1.29 is 9.47 Å². The van der Waals surface area contributed by atoms with Crippen molar-refractivity contribution in [1.29, 1.82) is 0 Å². The van der Waals surface area contributed by atoms with Gasteiger partial charge in [0.2, 0.25) is 0 Å². The first kappa shape index (κ1) is 11.4. The molecule has 2 aliphatic rings. The van der Waals surface area contributed by atoms with Crippen LogP contribution in [0, 0.1) is 5.92 Å². The third kappa shape index (κ3) is 3.44. The average Bonchev–Trinajstić information content (AvgIpc) is 2.31. The molecule has 2 fully saturated rings. The maximum absolute atomic E-state index is 5.48. The lowest BCUT2D eigenvalue weighted by molar-refractivity contribution is 0.0394. The van der Waals surface area contributed by atoms with Gasteiger partial charge in [-0.25, -0.2) is 0 Å². The molecule has 0 spiro atoms. The van der Waals surface area contributed by atoms with Gasteiger partial charge in [-0.3, -0.25) is 0 Å². The Morgan fingerprint density at radius 2 is 1.87 bits per heavy atom. The van der Waals surface area contributed by atoms with Crippen LogP contribution in [-0.2, 0) is 9.47 Å². The van der Waals surface area contributed by atoms with E-state index in [9.17, 15) is 0 Å². The summed E-state index contributed by atoms with van der Waals surface area (Å²) in [5.74, 6) is 0.792. The van der Waals surface area contributed by atoms with E-state index in [1.54, 1.807) is 0 Å². The molecule has 0 aromatic carbocycles. The molecule has 15 heavy (non-hydrogen) atoms. The lowest BCUT2D eigenvalue weighted by atomic mass is 9.92. The SMILES string of the molecule is CC(NC1CCCOC1)C1CCOCC1. The van der Waals surface area contributed by atoms with Gasteiger partial charge in [-0.05, 0) is 38.5 Å². The molecule has 0 aromatic heterocycles. The fourth-order valence-electron chi connectivity index (χ4n) is 2.60. The van der Waals surface area contributed by atoms with Crippen LogP contribution in [-0.4, -0.2) is 38.5 Å². The third-order valence-corrected chi connectivity index (χ3v) is 3.63. The Bertz CT molecular complexity index is 174. The first-order chi connectivity index (χ1) is 7.36. The molecule has 0 aromatic rings. The second kappa shape index (κ2) is 5.83. The van der Waals surface area contributed by atoms with Crippen LogP contribution >= 0.6 is 0 Å². The molecule has 2 unspecified atom stereocenters. The number of hydrogen-bond acceptors (Lipinski definition) is 3. The molecule has 2 rings (SSSR count). The smallest absolute Gasteiger partial charge is 0.0619 e. The molecular formula is C12H23NO2. The van der Waals surface area contributed by atoms with Gasteiger partial charge in [-0.2, -0.15) is 0 Å². The van der Waals surface area contributed by atoms with Crippen molar-refractivity contribution in [2.45, 2.75) is 44.7 Å². The zero-order chi connectivity index (χ0) is 10.5. The van der Waals surface area contributed by atoms with Gasteiger partial charge in [0.1, 0.15) is 0 Å². The van der Waals surface area contributed by atoms with Crippen LogP contribution in [0.1, 0.15) is 32.6 Å². The Kier molecular flexibility index (Phi) is 4.42. The molecule has 2 heterocycles. The van der Waals surface area contributed by atoms with Gasteiger partial charge in [0.15, 0.2) is 0 Å². The van der Waals surface area contributed by atoms with Crippen LogP contribution in [0.15, 0.2) is 0 Å². The Hall–Kier alpha value is -0.120. The van der Waals surface area contributed by atoms with Gasteiger partial charge in [0, 0.05) is 31.9 Å². The summed E-state index contributed by atoms with van der Waals surface area (Å²) in [5.41, 5.74) is 0. The average molecular weight is 213 g/mol. The second-order valence-electron chi connectivity index (χ2n) is 4.82. The predicted molar refractivity (Wildman–Crippen MR) is 60.0 cm³/mol. The second-order valence-corrected chi connectivity index (χ2v) is 4.82. The first-order valence-corrected chi connectivity index (χ1v) is 6.28. The Labute approximate surface area is 92.5 Å². The molecule has 0 radical (unpaired) electrons. The molecule has 1 N–H and O–H groups in total. The van der Waals surface area contributed by atoms with E-state index < -0.39 is 0 Å². The number of hydrogen-bond donors (Lipinski definition) is 1. The monoisotopic (exact) mass is 213 g/mol. The highest BCUT2D eigenvalue weighted by molar-refractivity contribution is 4.80. The predicted octanol–water partition coefficient (Wildman–Crippen LogP) is 1.57. The standard InChI is InChI=1S/C12H23NO2/c1-10(11-4-7-14-8-5-11)13-12-3-2-6-15-9-12/h10-13H,2-9H2,1H3. The molecule has 0 saturated carbocycles. The van der Waals surface area contributed by atoms with Crippen molar-refractivity contribution in [2.75, 3.05) is 26.4 Å². The molecule has 2 saturated heterocycles. The van der Waals surface area contributed by atoms with E-state index in [0.29, 0.717) is 12.1 Å². The Morgan fingerprint density at radius 3 is 2.53 bits per heavy atom. The largest absolute Gasteiger partial charge is 0.381 e. The highest BCUT2D eigenvalue weighted by Crippen LogP contribution is 2.19. The Morgan fingerprint density at radius 1 is 1.07 bits per heavy atom. The van der Waals surface area contributed by atoms with E-state index in [0.717, 1.165) is 32.3 Å². The molecule has 0 aliphatic carbocycles. The normalized spacial score (nSPS) is 31.4. The first-order valence-electron chi connectivity index (χ1n) is 6.28. The minimum atomic E-state index is 0.580. The van der Waals surface area contributed by atoms with Crippen molar-refractivity contribution in [3.05, 3.63) is 0 Å². The van der Waals surface area contributed by atoms with E-state index in [1.165, 1.54) is 25.7 Å². The summed E-state index contributed by atoms with van der Waals surface area (Å²) in [6, 6.07) is 1.19. The van der Waals surface area contributed by atoms with Crippen LogP contribution in [0.25, 0.3) is 0 Å². The summed E-state index contributed by atoms with van der Waals surface area (Å²) < 4.78 is 10.9. The third-order valence-electron chi connectivity index (χ3n) is 3.63. The molecular weight excluding hydrogens is 190 g/mol. The number of rotatable bonds is 3. The molecule has 88 valence electrons. The molecule has 3 nitrogen and oxygen atoms in total. The maximum Gasteiger partial charge on any atom is 0.0619 e. The summed E-state index contributed by atoms with van der Waals surface area (Å²) in [6.45, 7) is 6.04. The van der Waals surface area contributed by atoms with Crippen molar-refractivity contribution in [1.82, 2.24) is 5.32 Å². The summed E-state index contributed by atoms with van der Waals surface area (Å²) in [6.07, 6.45) is 4.90. The van der Waals surface area contributed by atoms with Crippen LogP contribution in [0.4, 0.5) is 0 Å². The minimum absolute atomic E-state index is 0.580. The minimum Gasteiger partial charge on any atom is -0.381 e. The molecule has 3 heteroatoms. The van der Waals surface area contributed by atoms with Gasteiger partial charge in [0.05, 0.1) is 6.61 Å². The quantitative estimate of drug-likeness (QED) is 0.772. The highest BCUT2D eigenvalue weighted by Gasteiger charge is 2.23. The molecule has 0 bridgehead atoms. The van der Waals surface area contributed by atoms with E-state index in [4.69, 9.17) is 9.47 Å². The van der Waals surface area contributed by atoms with Gasteiger partial charge in [-0.15, -0.1) is 0 Å². The summed E-state index contributed by atoms with van der Waals surface area (Å²) in [5, 5.41) is 3.71. The highest BCUT2D eigenvalue weighted by atomic mass is 16.5. The fraction of sp³-hybridized carbons (Fsp3) is 1.00. The van der Waals surface area contributed by atoms with E-state index in [1.807, 2.05) is 0 Å². The van der Waals surface area contributed by atoms with Crippen molar-refractivity contribution in [3.8, 4) is 0 Å². The topological polar surface area (TPSA) is 30.5 Å². The summed E-state index contributed by atoms with van der Waals surface area (Å²) in [7, 11) is 0. The number of nitrogens with one attached hydrogen (secondary N) is 1.